The average molecular weight is 199 g/mol. The second-order valence-corrected chi connectivity index (χ2v) is 4.85. The van der Waals surface area contributed by atoms with Gasteiger partial charge in [-0.2, -0.15) is 0 Å². The molecule has 3 nitrogen and oxygen atoms in total. The molecule has 0 atom stereocenters. The first-order valence-electron chi connectivity index (χ1n) is 5.45. The minimum absolute atomic E-state index is 0.0446. The van der Waals surface area contributed by atoms with Crippen LogP contribution in [0.5, 0.6) is 0 Å². The van der Waals surface area contributed by atoms with E-state index in [9.17, 15) is 9.90 Å². The highest BCUT2D eigenvalue weighted by Crippen LogP contribution is 2.32. The zero-order chi connectivity index (χ0) is 10.8. The van der Waals surface area contributed by atoms with E-state index in [1.807, 2.05) is 0 Å². The monoisotopic (exact) mass is 199 g/mol. The first-order chi connectivity index (χ1) is 6.40. The first kappa shape index (κ1) is 11.5. The molecule has 82 valence electrons. The quantitative estimate of drug-likeness (QED) is 0.725. The molecule has 0 bridgehead atoms. The fourth-order valence-corrected chi connectivity index (χ4v) is 2.01. The standard InChI is InChI=1S/C11H21NO2/c1-4-11(7-5-6-8-11)12-9(13)10(2,3)14/h14H,4-8H2,1-3H3,(H,12,13). The van der Waals surface area contributed by atoms with Crippen molar-refractivity contribution >= 4 is 5.91 Å². The van der Waals surface area contributed by atoms with E-state index in [4.69, 9.17) is 0 Å². The lowest BCUT2D eigenvalue weighted by molar-refractivity contribution is -0.138. The molecule has 0 radical (unpaired) electrons. The molecule has 0 aromatic carbocycles. The number of rotatable bonds is 3. The van der Waals surface area contributed by atoms with Crippen LogP contribution < -0.4 is 5.32 Å². The maximum absolute atomic E-state index is 11.6. The molecule has 1 aliphatic carbocycles. The highest BCUT2D eigenvalue weighted by atomic mass is 16.3. The van der Waals surface area contributed by atoms with Crippen LogP contribution in [0.4, 0.5) is 0 Å². The van der Waals surface area contributed by atoms with E-state index in [1.54, 1.807) is 0 Å². The zero-order valence-corrected chi connectivity index (χ0v) is 9.39. The molecule has 1 rings (SSSR count). The predicted octanol–water partition coefficient (Wildman–Crippen LogP) is 1.60. The molecular weight excluding hydrogens is 178 g/mol. The minimum atomic E-state index is -1.26. The van der Waals surface area contributed by atoms with Gasteiger partial charge in [0.15, 0.2) is 0 Å². The summed E-state index contributed by atoms with van der Waals surface area (Å²) in [6.45, 7) is 5.15. The lowest BCUT2D eigenvalue weighted by atomic mass is 9.93. The Morgan fingerprint density at radius 1 is 1.43 bits per heavy atom. The average Bonchev–Trinajstić information content (AvgIpc) is 2.52. The molecule has 0 aromatic rings. The van der Waals surface area contributed by atoms with Gasteiger partial charge in [0, 0.05) is 5.54 Å². The molecule has 0 heterocycles. The summed E-state index contributed by atoms with van der Waals surface area (Å²) < 4.78 is 0. The van der Waals surface area contributed by atoms with Crippen molar-refractivity contribution in [3.8, 4) is 0 Å². The Hall–Kier alpha value is -0.570. The van der Waals surface area contributed by atoms with Crippen molar-refractivity contribution in [1.82, 2.24) is 5.32 Å². The molecule has 0 aromatic heterocycles. The van der Waals surface area contributed by atoms with Crippen LogP contribution in [0.15, 0.2) is 0 Å². The summed E-state index contributed by atoms with van der Waals surface area (Å²) in [6, 6.07) is 0. The van der Waals surface area contributed by atoms with Crippen molar-refractivity contribution in [2.75, 3.05) is 0 Å². The van der Waals surface area contributed by atoms with E-state index in [-0.39, 0.29) is 11.4 Å². The molecular formula is C11H21NO2. The lowest BCUT2D eigenvalue weighted by Gasteiger charge is -2.32. The van der Waals surface area contributed by atoms with Crippen LogP contribution in [-0.2, 0) is 4.79 Å². The smallest absolute Gasteiger partial charge is 0.251 e. The van der Waals surface area contributed by atoms with Gasteiger partial charge in [-0.05, 0) is 33.1 Å². The first-order valence-corrected chi connectivity index (χ1v) is 5.45. The second-order valence-electron chi connectivity index (χ2n) is 4.85. The van der Waals surface area contributed by atoms with E-state index in [2.05, 4.69) is 12.2 Å². The van der Waals surface area contributed by atoms with Gasteiger partial charge in [0.1, 0.15) is 5.60 Å². The Morgan fingerprint density at radius 2 is 1.93 bits per heavy atom. The number of aliphatic hydroxyl groups is 1. The predicted molar refractivity (Wildman–Crippen MR) is 55.9 cm³/mol. The molecule has 1 amide bonds. The van der Waals surface area contributed by atoms with E-state index < -0.39 is 5.60 Å². The summed E-state index contributed by atoms with van der Waals surface area (Å²) in [5.74, 6) is -0.249. The van der Waals surface area contributed by atoms with Gasteiger partial charge in [-0.3, -0.25) is 4.79 Å². The van der Waals surface area contributed by atoms with Crippen molar-refractivity contribution in [3.63, 3.8) is 0 Å². The van der Waals surface area contributed by atoms with Gasteiger partial charge in [0.25, 0.3) is 5.91 Å². The molecule has 3 heteroatoms. The highest BCUT2D eigenvalue weighted by Gasteiger charge is 2.36. The maximum atomic E-state index is 11.6. The van der Waals surface area contributed by atoms with Crippen LogP contribution >= 0.6 is 0 Å². The third kappa shape index (κ3) is 2.47. The van der Waals surface area contributed by atoms with Crippen molar-refractivity contribution in [2.45, 2.75) is 64.0 Å². The maximum Gasteiger partial charge on any atom is 0.251 e. The number of carbonyl (C=O) groups excluding carboxylic acids is 1. The van der Waals surface area contributed by atoms with E-state index in [1.165, 1.54) is 26.7 Å². The number of hydrogen-bond donors (Lipinski definition) is 2. The van der Waals surface area contributed by atoms with Crippen LogP contribution in [-0.4, -0.2) is 22.2 Å². The molecule has 1 aliphatic rings. The number of carbonyl (C=O) groups is 1. The molecule has 0 aliphatic heterocycles. The van der Waals surface area contributed by atoms with Gasteiger partial charge in [0.05, 0.1) is 0 Å². The van der Waals surface area contributed by atoms with Gasteiger partial charge >= 0.3 is 0 Å². The van der Waals surface area contributed by atoms with Crippen molar-refractivity contribution in [2.24, 2.45) is 0 Å². The topological polar surface area (TPSA) is 49.3 Å². The second kappa shape index (κ2) is 3.89. The normalized spacial score (nSPS) is 20.9. The van der Waals surface area contributed by atoms with Crippen LogP contribution in [0.1, 0.15) is 52.9 Å². The van der Waals surface area contributed by atoms with Gasteiger partial charge in [-0.25, -0.2) is 0 Å². The number of hydrogen-bond acceptors (Lipinski definition) is 2. The third-order valence-electron chi connectivity index (χ3n) is 3.17. The number of nitrogens with one attached hydrogen (secondary N) is 1. The summed E-state index contributed by atoms with van der Waals surface area (Å²) in [7, 11) is 0. The zero-order valence-electron chi connectivity index (χ0n) is 9.39. The molecule has 14 heavy (non-hydrogen) atoms. The van der Waals surface area contributed by atoms with Gasteiger partial charge in [0.2, 0.25) is 0 Å². The minimum Gasteiger partial charge on any atom is -0.381 e. The summed E-state index contributed by atoms with van der Waals surface area (Å²) in [5, 5.41) is 12.5. The van der Waals surface area contributed by atoms with E-state index in [0.29, 0.717) is 0 Å². The van der Waals surface area contributed by atoms with Crippen LogP contribution in [0, 0.1) is 0 Å². The van der Waals surface area contributed by atoms with Crippen molar-refractivity contribution in [1.29, 1.82) is 0 Å². The van der Waals surface area contributed by atoms with Gasteiger partial charge in [-0.1, -0.05) is 19.8 Å². The number of amides is 1. The molecule has 1 saturated carbocycles. The summed E-state index contributed by atoms with van der Waals surface area (Å²) in [4.78, 5) is 11.6. The van der Waals surface area contributed by atoms with Crippen molar-refractivity contribution < 1.29 is 9.90 Å². The van der Waals surface area contributed by atoms with Gasteiger partial charge < -0.3 is 10.4 Å². The Labute approximate surface area is 85.9 Å². The summed E-state index contributed by atoms with van der Waals surface area (Å²) in [5.41, 5.74) is -1.30. The fraction of sp³-hybridized carbons (Fsp3) is 0.909. The third-order valence-corrected chi connectivity index (χ3v) is 3.17. The Balaban J connectivity index is 2.61. The molecule has 2 N–H and O–H groups in total. The Morgan fingerprint density at radius 3 is 2.29 bits per heavy atom. The largest absolute Gasteiger partial charge is 0.381 e. The van der Waals surface area contributed by atoms with Crippen LogP contribution in [0.25, 0.3) is 0 Å². The highest BCUT2D eigenvalue weighted by molar-refractivity contribution is 5.84. The van der Waals surface area contributed by atoms with E-state index >= 15 is 0 Å². The van der Waals surface area contributed by atoms with Crippen LogP contribution in [0.2, 0.25) is 0 Å². The molecule has 1 fully saturated rings. The lowest BCUT2D eigenvalue weighted by Crippen LogP contribution is -2.53. The molecule has 0 saturated heterocycles. The van der Waals surface area contributed by atoms with Crippen LogP contribution in [0.3, 0.4) is 0 Å². The Kier molecular flexibility index (Phi) is 3.20. The van der Waals surface area contributed by atoms with Gasteiger partial charge in [-0.15, -0.1) is 0 Å². The van der Waals surface area contributed by atoms with E-state index in [0.717, 1.165) is 19.3 Å². The molecule has 0 spiro atoms. The van der Waals surface area contributed by atoms with Crippen molar-refractivity contribution in [3.05, 3.63) is 0 Å². The fourth-order valence-electron chi connectivity index (χ4n) is 2.01. The summed E-state index contributed by atoms with van der Waals surface area (Å²) >= 11 is 0. The SMILES string of the molecule is CCC1(NC(=O)C(C)(C)O)CCCC1. The Bertz CT molecular complexity index is 212. The summed E-state index contributed by atoms with van der Waals surface area (Å²) in [6.07, 6.45) is 5.41. The molecule has 0 unspecified atom stereocenters.